The summed E-state index contributed by atoms with van der Waals surface area (Å²) in [4.78, 5) is 18.3. The van der Waals surface area contributed by atoms with Crippen molar-refractivity contribution in [1.82, 2.24) is 9.97 Å². The SMILES string of the molecule is NNc1ncnc(NCC2CC3CCC2C3)c1[N+](=O)[O-]. The van der Waals surface area contributed by atoms with Crippen LogP contribution >= 0.6 is 0 Å². The molecule has 2 saturated carbocycles. The van der Waals surface area contributed by atoms with Crippen molar-refractivity contribution in [1.29, 1.82) is 0 Å². The Morgan fingerprint density at radius 2 is 2.15 bits per heavy atom. The van der Waals surface area contributed by atoms with Gasteiger partial charge in [0, 0.05) is 6.54 Å². The normalized spacial score (nSPS) is 27.6. The molecule has 2 fully saturated rings. The molecular formula is C12H18N6O2. The Kier molecular flexibility index (Phi) is 3.39. The minimum Gasteiger partial charge on any atom is -0.364 e. The highest BCUT2D eigenvalue weighted by Crippen LogP contribution is 2.48. The van der Waals surface area contributed by atoms with Gasteiger partial charge in [-0.3, -0.25) is 10.1 Å². The number of aromatic nitrogens is 2. The lowest BCUT2D eigenvalue weighted by molar-refractivity contribution is -0.383. The molecule has 2 aliphatic rings. The monoisotopic (exact) mass is 278 g/mol. The third kappa shape index (κ3) is 2.26. The minimum atomic E-state index is -0.516. The summed E-state index contributed by atoms with van der Waals surface area (Å²) in [5.41, 5.74) is 2.04. The molecule has 2 bridgehead atoms. The lowest BCUT2D eigenvalue weighted by Gasteiger charge is -2.22. The van der Waals surface area contributed by atoms with Gasteiger partial charge in [0.25, 0.3) is 0 Å². The van der Waals surface area contributed by atoms with E-state index in [0.29, 0.717) is 5.92 Å². The number of hydrogen-bond acceptors (Lipinski definition) is 7. The van der Waals surface area contributed by atoms with Crippen LogP contribution in [-0.4, -0.2) is 21.4 Å². The zero-order chi connectivity index (χ0) is 14.1. The van der Waals surface area contributed by atoms with Crippen molar-refractivity contribution in [3.8, 4) is 0 Å². The summed E-state index contributed by atoms with van der Waals surface area (Å²) < 4.78 is 0. The second kappa shape index (κ2) is 5.20. The van der Waals surface area contributed by atoms with E-state index in [1.165, 1.54) is 32.0 Å². The lowest BCUT2D eigenvalue weighted by atomic mass is 9.89. The van der Waals surface area contributed by atoms with Gasteiger partial charge in [-0.25, -0.2) is 15.8 Å². The molecule has 3 rings (SSSR count). The number of rotatable bonds is 5. The van der Waals surface area contributed by atoms with E-state index in [4.69, 9.17) is 5.84 Å². The van der Waals surface area contributed by atoms with E-state index in [2.05, 4.69) is 20.7 Å². The fourth-order valence-electron chi connectivity index (χ4n) is 3.64. The molecule has 2 aliphatic carbocycles. The van der Waals surface area contributed by atoms with Crippen molar-refractivity contribution in [2.24, 2.45) is 23.6 Å². The Hall–Kier alpha value is -1.96. The van der Waals surface area contributed by atoms with E-state index < -0.39 is 4.92 Å². The van der Waals surface area contributed by atoms with Crippen LogP contribution in [-0.2, 0) is 0 Å². The van der Waals surface area contributed by atoms with Crippen LogP contribution in [0.1, 0.15) is 25.7 Å². The topological polar surface area (TPSA) is 119 Å². The van der Waals surface area contributed by atoms with Crippen LogP contribution in [0.2, 0.25) is 0 Å². The summed E-state index contributed by atoms with van der Waals surface area (Å²) in [6.07, 6.45) is 6.44. The van der Waals surface area contributed by atoms with E-state index >= 15 is 0 Å². The number of hydrazine groups is 1. The number of anilines is 2. The highest BCUT2D eigenvalue weighted by atomic mass is 16.6. The Morgan fingerprint density at radius 3 is 2.75 bits per heavy atom. The number of nitrogens with one attached hydrogen (secondary N) is 2. The molecular weight excluding hydrogens is 260 g/mol. The second-order valence-electron chi connectivity index (χ2n) is 5.64. The molecule has 0 radical (unpaired) electrons. The average Bonchev–Trinajstić information content (AvgIpc) is 3.06. The van der Waals surface area contributed by atoms with Crippen LogP contribution in [0.25, 0.3) is 0 Å². The van der Waals surface area contributed by atoms with Gasteiger partial charge in [-0.15, -0.1) is 0 Å². The number of nitrogens with two attached hydrogens (primary N) is 1. The summed E-state index contributed by atoms with van der Waals surface area (Å²) in [7, 11) is 0. The number of nitrogen functional groups attached to an aromatic ring is 1. The molecule has 0 saturated heterocycles. The molecule has 0 amide bonds. The van der Waals surface area contributed by atoms with Gasteiger partial charge in [0.05, 0.1) is 4.92 Å². The van der Waals surface area contributed by atoms with Crippen LogP contribution in [0.3, 0.4) is 0 Å². The summed E-state index contributed by atoms with van der Waals surface area (Å²) in [5.74, 6) is 7.73. The molecule has 8 nitrogen and oxygen atoms in total. The van der Waals surface area contributed by atoms with Gasteiger partial charge in [-0.05, 0) is 37.0 Å². The van der Waals surface area contributed by atoms with Crippen LogP contribution in [0.4, 0.5) is 17.3 Å². The molecule has 0 aromatic carbocycles. The highest BCUT2D eigenvalue weighted by molar-refractivity contribution is 5.68. The van der Waals surface area contributed by atoms with E-state index in [9.17, 15) is 10.1 Å². The summed E-state index contributed by atoms with van der Waals surface area (Å²) in [6, 6.07) is 0. The lowest BCUT2D eigenvalue weighted by Crippen LogP contribution is -2.21. The number of hydrogen-bond donors (Lipinski definition) is 3. The highest BCUT2D eigenvalue weighted by Gasteiger charge is 2.39. The van der Waals surface area contributed by atoms with E-state index in [1.807, 2.05) is 0 Å². The maximum absolute atomic E-state index is 11.1. The largest absolute Gasteiger partial charge is 0.364 e. The Morgan fingerprint density at radius 1 is 1.35 bits per heavy atom. The molecule has 4 N–H and O–H groups in total. The third-order valence-electron chi connectivity index (χ3n) is 4.56. The fraction of sp³-hybridized carbons (Fsp3) is 0.667. The molecule has 0 spiro atoms. The molecule has 0 aliphatic heterocycles. The zero-order valence-electron chi connectivity index (χ0n) is 11.1. The van der Waals surface area contributed by atoms with Crippen molar-refractivity contribution in [2.45, 2.75) is 25.7 Å². The van der Waals surface area contributed by atoms with Crippen molar-refractivity contribution in [3.63, 3.8) is 0 Å². The van der Waals surface area contributed by atoms with E-state index in [1.54, 1.807) is 0 Å². The first-order valence-electron chi connectivity index (χ1n) is 6.89. The standard InChI is InChI=1S/C12H18N6O2/c13-17-12-10(18(19)20)11(15-6-16-12)14-5-9-4-7-1-2-8(9)3-7/h6-9H,1-5,13H2,(H2,14,15,16,17). The van der Waals surface area contributed by atoms with Crippen LogP contribution < -0.4 is 16.6 Å². The van der Waals surface area contributed by atoms with Gasteiger partial charge in [0.2, 0.25) is 11.6 Å². The first kappa shape index (κ1) is 13.0. The predicted molar refractivity (Wildman–Crippen MR) is 73.9 cm³/mol. The fourth-order valence-corrected chi connectivity index (χ4v) is 3.64. The summed E-state index contributed by atoms with van der Waals surface area (Å²) >= 11 is 0. The third-order valence-corrected chi connectivity index (χ3v) is 4.56. The van der Waals surface area contributed by atoms with Gasteiger partial charge in [0.1, 0.15) is 6.33 Å². The van der Waals surface area contributed by atoms with Crippen LogP contribution in [0.15, 0.2) is 6.33 Å². The van der Waals surface area contributed by atoms with E-state index in [-0.39, 0.29) is 17.3 Å². The number of nitrogens with zero attached hydrogens (tertiary/aromatic N) is 3. The quantitative estimate of drug-likeness (QED) is 0.424. The molecule has 20 heavy (non-hydrogen) atoms. The van der Waals surface area contributed by atoms with Gasteiger partial charge in [-0.1, -0.05) is 6.42 Å². The maximum atomic E-state index is 11.1. The van der Waals surface area contributed by atoms with Crippen molar-refractivity contribution in [2.75, 3.05) is 17.3 Å². The maximum Gasteiger partial charge on any atom is 0.354 e. The Labute approximate surface area is 116 Å². The van der Waals surface area contributed by atoms with Crippen molar-refractivity contribution in [3.05, 3.63) is 16.4 Å². The Bertz CT molecular complexity index is 523. The zero-order valence-corrected chi connectivity index (χ0v) is 11.1. The minimum absolute atomic E-state index is 0.0282. The van der Waals surface area contributed by atoms with Gasteiger partial charge in [-0.2, -0.15) is 0 Å². The average molecular weight is 278 g/mol. The first-order valence-corrected chi connectivity index (χ1v) is 6.89. The molecule has 3 unspecified atom stereocenters. The first-order chi connectivity index (χ1) is 9.69. The van der Waals surface area contributed by atoms with Gasteiger partial charge in [0.15, 0.2) is 0 Å². The van der Waals surface area contributed by atoms with Gasteiger partial charge < -0.3 is 10.7 Å². The summed E-state index contributed by atoms with van der Waals surface area (Å²) in [5, 5.41) is 14.2. The molecule has 8 heteroatoms. The number of nitro groups is 1. The Balaban J connectivity index is 1.72. The van der Waals surface area contributed by atoms with Gasteiger partial charge >= 0.3 is 5.69 Å². The molecule has 1 aromatic rings. The molecule has 1 aromatic heterocycles. The number of fused-ring (bicyclic) bond motifs is 2. The van der Waals surface area contributed by atoms with Crippen molar-refractivity contribution < 1.29 is 4.92 Å². The molecule has 108 valence electrons. The summed E-state index contributed by atoms with van der Waals surface area (Å²) in [6.45, 7) is 0.725. The van der Waals surface area contributed by atoms with Crippen molar-refractivity contribution >= 4 is 17.3 Å². The van der Waals surface area contributed by atoms with E-state index in [0.717, 1.165) is 18.4 Å². The molecule has 3 atom stereocenters. The molecule has 1 heterocycles. The second-order valence-corrected chi connectivity index (χ2v) is 5.64. The predicted octanol–water partition coefficient (Wildman–Crippen LogP) is 1.52. The van der Waals surface area contributed by atoms with Crippen LogP contribution in [0.5, 0.6) is 0 Å². The smallest absolute Gasteiger partial charge is 0.354 e. The van der Waals surface area contributed by atoms with Crippen LogP contribution in [0, 0.1) is 27.9 Å².